The molecule has 2 N–H and O–H groups in total. The lowest BCUT2D eigenvalue weighted by Gasteiger charge is -2.17. The average Bonchev–Trinajstić information content (AvgIpc) is 3.08. The van der Waals surface area contributed by atoms with Gasteiger partial charge < -0.3 is 20.0 Å². The van der Waals surface area contributed by atoms with E-state index >= 15 is 0 Å². The quantitative estimate of drug-likeness (QED) is 0.852. The molecule has 1 aromatic heterocycles. The molecule has 0 saturated heterocycles. The first-order valence-corrected chi connectivity index (χ1v) is 7.95. The molecular formula is C18H23N3O3. The van der Waals surface area contributed by atoms with Gasteiger partial charge in [0.05, 0.1) is 12.8 Å². The molecule has 0 aliphatic rings. The van der Waals surface area contributed by atoms with Crippen LogP contribution in [0.5, 0.6) is 0 Å². The summed E-state index contributed by atoms with van der Waals surface area (Å²) in [5, 5.41) is 5.69. The standard InChI is InChI=1S/C18H23N3O3/c1-4-13(2)19-17(22)14-7-9-15(10-8-14)20-18(23)21(3)12-16-6-5-11-24-16/h5-11,13H,4,12H2,1-3H3,(H,19,22)(H,20,23)/t13-/m0/s1. The van der Waals surface area contributed by atoms with Gasteiger partial charge in [0.25, 0.3) is 5.91 Å². The lowest BCUT2D eigenvalue weighted by molar-refractivity contribution is 0.0939. The SMILES string of the molecule is CC[C@H](C)NC(=O)c1ccc(NC(=O)N(C)Cc2ccco2)cc1. The molecule has 2 rings (SSSR count). The van der Waals surface area contributed by atoms with Crippen LogP contribution >= 0.6 is 0 Å². The number of furan rings is 1. The molecule has 0 saturated carbocycles. The molecular weight excluding hydrogens is 306 g/mol. The number of nitrogens with zero attached hydrogens (tertiary/aromatic N) is 1. The number of rotatable bonds is 6. The van der Waals surface area contributed by atoms with Gasteiger partial charge in [-0.2, -0.15) is 0 Å². The number of hydrogen-bond acceptors (Lipinski definition) is 3. The van der Waals surface area contributed by atoms with Crippen molar-refractivity contribution in [2.75, 3.05) is 12.4 Å². The fourth-order valence-electron chi connectivity index (χ4n) is 2.04. The summed E-state index contributed by atoms with van der Waals surface area (Å²) in [4.78, 5) is 25.7. The van der Waals surface area contributed by atoms with Crippen molar-refractivity contribution in [1.29, 1.82) is 0 Å². The van der Waals surface area contributed by atoms with E-state index in [-0.39, 0.29) is 18.0 Å². The monoisotopic (exact) mass is 329 g/mol. The first kappa shape index (κ1) is 17.6. The maximum atomic E-state index is 12.1. The summed E-state index contributed by atoms with van der Waals surface area (Å²) in [6.07, 6.45) is 2.45. The van der Waals surface area contributed by atoms with Gasteiger partial charge in [0.15, 0.2) is 0 Å². The molecule has 0 bridgehead atoms. The number of anilines is 1. The third kappa shape index (κ3) is 4.87. The summed E-state index contributed by atoms with van der Waals surface area (Å²) in [5.74, 6) is 0.599. The largest absolute Gasteiger partial charge is 0.467 e. The van der Waals surface area contributed by atoms with Crippen molar-refractivity contribution >= 4 is 17.6 Å². The van der Waals surface area contributed by atoms with Gasteiger partial charge >= 0.3 is 6.03 Å². The molecule has 2 aromatic rings. The summed E-state index contributed by atoms with van der Waals surface area (Å²) in [7, 11) is 1.69. The number of urea groups is 1. The number of benzene rings is 1. The number of amides is 3. The Bertz CT molecular complexity index is 665. The van der Waals surface area contributed by atoms with Gasteiger partial charge in [0, 0.05) is 24.3 Å². The van der Waals surface area contributed by atoms with Crippen molar-refractivity contribution in [2.45, 2.75) is 32.9 Å². The van der Waals surface area contributed by atoms with Crippen LogP contribution in [-0.2, 0) is 6.54 Å². The molecule has 1 atom stereocenters. The Kier molecular flexibility index (Phi) is 6.01. The van der Waals surface area contributed by atoms with Gasteiger partial charge in [0.1, 0.15) is 5.76 Å². The number of carbonyl (C=O) groups is 2. The van der Waals surface area contributed by atoms with Crippen molar-refractivity contribution in [2.24, 2.45) is 0 Å². The van der Waals surface area contributed by atoms with Crippen LogP contribution in [0.3, 0.4) is 0 Å². The van der Waals surface area contributed by atoms with Crippen LogP contribution in [0, 0.1) is 0 Å². The topological polar surface area (TPSA) is 74.6 Å². The second-order valence-electron chi connectivity index (χ2n) is 5.73. The molecule has 0 aliphatic carbocycles. The van der Waals surface area contributed by atoms with E-state index < -0.39 is 0 Å². The summed E-state index contributed by atoms with van der Waals surface area (Å²) in [6, 6.07) is 10.3. The van der Waals surface area contributed by atoms with Crippen LogP contribution in [0.1, 0.15) is 36.4 Å². The summed E-state index contributed by atoms with van der Waals surface area (Å²) < 4.78 is 5.22. The van der Waals surface area contributed by atoms with E-state index in [1.807, 2.05) is 19.9 Å². The normalized spacial score (nSPS) is 11.6. The van der Waals surface area contributed by atoms with Crippen LogP contribution < -0.4 is 10.6 Å². The van der Waals surface area contributed by atoms with Gasteiger partial charge in [-0.1, -0.05) is 6.92 Å². The lowest BCUT2D eigenvalue weighted by Crippen LogP contribution is -2.32. The van der Waals surface area contributed by atoms with Crippen molar-refractivity contribution in [3.63, 3.8) is 0 Å². The summed E-state index contributed by atoms with van der Waals surface area (Å²) in [6.45, 7) is 4.36. The summed E-state index contributed by atoms with van der Waals surface area (Å²) >= 11 is 0. The minimum absolute atomic E-state index is 0.114. The molecule has 128 valence electrons. The molecule has 0 aliphatic heterocycles. The highest BCUT2D eigenvalue weighted by Gasteiger charge is 2.12. The van der Waals surface area contributed by atoms with Crippen LogP contribution in [0.25, 0.3) is 0 Å². The molecule has 3 amide bonds. The van der Waals surface area contributed by atoms with Crippen molar-refractivity contribution in [3.05, 3.63) is 54.0 Å². The fourth-order valence-corrected chi connectivity index (χ4v) is 2.04. The van der Waals surface area contributed by atoms with E-state index in [2.05, 4.69) is 10.6 Å². The van der Waals surface area contributed by atoms with Gasteiger partial charge in [-0.3, -0.25) is 4.79 Å². The van der Waals surface area contributed by atoms with Crippen molar-refractivity contribution in [1.82, 2.24) is 10.2 Å². The first-order chi connectivity index (χ1) is 11.5. The zero-order valence-electron chi connectivity index (χ0n) is 14.2. The average molecular weight is 329 g/mol. The Morgan fingerprint density at radius 1 is 1.21 bits per heavy atom. The minimum Gasteiger partial charge on any atom is -0.467 e. The highest BCUT2D eigenvalue weighted by Crippen LogP contribution is 2.12. The maximum Gasteiger partial charge on any atom is 0.321 e. The molecule has 6 nitrogen and oxygen atoms in total. The predicted octanol–water partition coefficient (Wildman–Crippen LogP) is 3.47. The molecule has 24 heavy (non-hydrogen) atoms. The lowest BCUT2D eigenvalue weighted by atomic mass is 10.1. The van der Waals surface area contributed by atoms with E-state index in [0.29, 0.717) is 23.6 Å². The predicted molar refractivity (Wildman–Crippen MR) is 92.9 cm³/mol. The Morgan fingerprint density at radius 2 is 1.92 bits per heavy atom. The third-order valence-electron chi connectivity index (χ3n) is 3.71. The molecule has 1 aromatic carbocycles. The van der Waals surface area contributed by atoms with Gasteiger partial charge in [-0.15, -0.1) is 0 Å². The molecule has 0 radical (unpaired) electrons. The first-order valence-electron chi connectivity index (χ1n) is 7.95. The zero-order valence-corrected chi connectivity index (χ0v) is 14.2. The highest BCUT2D eigenvalue weighted by atomic mass is 16.3. The summed E-state index contributed by atoms with van der Waals surface area (Å²) in [5.41, 5.74) is 1.20. The van der Waals surface area contributed by atoms with E-state index in [1.54, 1.807) is 43.6 Å². The van der Waals surface area contributed by atoms with Crippen LogP contribution in [0.2, 0.25) is 0 Å². The van der Waals surface area contributed by atoms with Crippen molar-refractivity contribution < 1.29 is 14.0 Å². The Hall–Kier alpha value is -2.76. The van der Waals surface area contributed by atoms with Crippen LogP contribution in [-0.4, -0.2) is 29.9 Å². The number of hydrogen-bond donors (Lipinski definition) is 2. The molecule has 0 unspecified atom stereocenters. The van der Waals surface area contributed by atoms with E-state index in [1.165, 1.54) is 4.90 Å². The molecule has 0 spiro atoms. The fraction of sp³-hybridized carbons (Fsp3) is 0.333. The molecule has 1 heterocycles. The maximum absolute atomic E-state index is 12.1. The van der Waals surface area contributed by atoms with E-state index in [4.69, 9.17) is 4.42 Å². The number of carbonyl (C=O) groups excluding carboxylic acids is 2. The third-order valence-corrected chi connectivity index (χ3v) is 3.71. The van der Waals surface area contributed by atoms with Crippen LogP contribution in [0.4, 0.5) is 10.5 Å². The van der Waals surface area contributed by atoms with Crippen LogP contribution in [0.15, 0.2) is 47.1 Å². The van der Waals surface area contributed by atoms with Gasteiger partial charge in [-0.25, -0.2) is 4.79 Å². The van der Waals surface area contributed by atoms with E-state index in [0.717, 1.165) is 6.42 Å². The van der Waals surface area contributed by atoms with Crippen molar-refractivity contribution in [3.8, 4) is 0 Å². The second kappa shape index (κ2) is 8.19. The zero-order chi connectivity index (χ0) is 17.5. The minimum atomic E-state index is -0.247. The Balaban J connectivity index is 1.91. The smallest absolute Gasteiger partial charge is 0.321 e. The molecule has 6 heteroatoms. The second-order valence-corrected chi connectivity index (χ2v) is 5.73. The van der Waals surface area contributed by atoms with Gasteiger partial charge in [-0.05, 0) is 49.7 Å². The molecule has 0 fully saturated rings. The highest BCUT2D eigenvalue weighted by molar-refractivity contribution is 5.95. The van der Waals surface area contributed by atoms with E-state index in [9.17, 15) is 9.59 Å². The Morgan fingerprint density at radius 3 is 2.50 bits per heavy atom. The number of nitrogens with one attached hydrogen (secondary N) is 2. The van der Waals surface area contributed by atoms with Gasteiger partial charge in [0.2, 0.25) is 0 Å². The Labute approximate surface area is 141 Å².